The molecule has 0 radical (unpaired) electrons. The van der Waals surface area contributed by atoms with Gasteiger partial charge in [0, 0.05) is 10.7 Å². The van der Waals surface area contributed by atoms with Crippen LogP contribution in [0.4, 0.5) is 5.69 Å². The van der Waals surface area contributed by atoms with Crippen LogP contribution in [-0.2, 0) is 17.9 Å². The van der Waals surface area contributed by atoms with Gasteiger partial charge in [-0.05, 0) is 35.9 Å². The number of amides is 1. The fraction of sp³-hybridized carbons (Fsp3) is 0.158. The molecule has 1 amide bonds. The number of carbonyl (C=O) groups excluding carboxylic acids is 1. The quantitative estimate of drug-likeness (QED) is 0.772. The first-order valence-electron chi connectivity index (χ1n) is 7.99. The zero-order valence-corrected chi connectivity index (χ0v) is 14.1. The maximum atomic E-state index is 12.4. The molecule has 1 aliphatic rings. The largest absolute Gasteiger partial charge is 0.365 e. The molecule has 3 aromatic rings. The molecule has 25 heavy (non-hydrogen) atoms. The van der Waals surface area contributed by atoms with Crippen LogP contribution in [0.1, 0.15) is 27.8 Å². The Kier molecular flexibility index (Phi) is 4.26. The molecule has 0 bridgehead atoms. The van der Waals surface area contributed by atoms with Crippen molar-refractivity contribution < 1.29 is 9.53 Å². The molecule has 6 heteroatoms. The summed E-state index contributed by atoms with van der Waals surface area (Å²) < 4.78 is 7.74. The van der Waals surface area contributed by atoms with Crippen molar-refractivity contribution in [2.24, 2.45) is 0 Å². The van der Waals surface area contributed by atoms with Crippen LogP contribution in [0, 0.1) is 0 Å². The number of nitrogens with zero attached hydrogens (tertiary/aromatic N) is 2. The lowest BCUT2D eigenvalue weighted by Crippen LogP contribution is -2.22. The Morgan fingerprint density at radius 2 is 1.92 bits per heavy atom. The Labute approximate surface area is 150 Å². The predicted octanol–water partition coefficient (Wildman–Crippen LogP) is 4.06. The SMILES string of the molecule is O=C(Nc1ccccc1)c1cc2n(n1)C[C@@H](c1ccc(Cl)cc1)OC2. The summed E-state index contributed by atoms with van der Waals surface area (Å²) in [5.74, 6) is -0.226. The maximum absolute atomic E-state index is 12.4. The van der Waals surface area contributed by atoms with Gasteiger partial charge in [-0.25, -0.2) is 0 Å². The summed E-state index contributed by atoms with van der Waals surface area (Å²) in [6.07, 6.45) is -0.102. The van der Waals surface area contributed by atoms with Gasteiger partial charge in [-0.1, -0.05) is 41.9 Å². The van der Waals surface area contributed by atoms with Crippen molar-refractivity contribution in [3.05, 3.63) is 82.6 Å². The molecular weight excluding hydrogens is 338 g/mol. The summed E-state index contributed by atoms with van der Waals surface area (Å²) in [6.45, 7) is 0.981. The molecule has 0 saturated carbocycles. The van der Waals surface area contributed by atoms with E-state index in [2.05, 4.69) is 10.4 Å². The molecule has 0 saturated heterocycles. The fourth-order valence-corrected chi connectivity index (χ4v) is 2.96. The highest BCUT2D eigenvalue weighted by Gasteiger charge is 2.24. The number of aromatic nitrogens is 2. The van der Waals surface area contributed by atoms with E-state index in [0.29, 0.717) is 23.9 Å². The highest BCUT2D eigenvalue weighted by Crippen LogP contribution is 2.27. The third-order valence-electron chi connectivity index (χ3n) is 4.14. The van der Waals surface area contributed by atoms with Crippen molar-refractivity contribution in [3.63, 3.8) is 0 Å². The Hall–Kier alpha value is -2.63. The number of halogens is 1. The second kappa shape index (κ2) is 6.70. The van der Waals surface area contributed by atoms with Crippen molar-refractivity contribution in [2.75, 3.05) is 5.32 Å². The number of hydrogen-bond donors (Lipinski definition) is 1. The second-order valence-corrected chi connectivity index (χ2v) is 6.31. The predicted molar refractivity (Wildman–Crippen MR) is 95.6 cm³/mol. The number of nitrogens with one attached hydrogen (secondary N) is 1. The first-order valence-corrected chi connectivity index (χ1v) is 8.37. The molecule has 2 aromatic carbocycles. The van der Waals surface area contributed by atoms with Gasteiger partial charge in [-0.15, -0.1) is 0 Å². The number of benzene rings is 2. The van der Waals surface area contributed by atoms with Crippen molar-refractivity contribution in [1.82, 2.24) is 9.78 Å². The summed E-state index contributed by atoms with van der Waals surface area (Å²) in [5, 5.41) is 7.98. The van der Waals surface area contributed by atoms with E-state index in [-0.39, 0.29) is 12.0 Å². The van der Waals surface area contributed by atoms with Crippen molar-refractivity contribution in [2.45, 2.75) is 19.3 Å². The first-order chi connectivity index (χ1) is 12.2. The molecule has 1 atom stereocenters. The molecule has 0 unspecified atom stereocenters. The molecule has 0 aliphatic carbocycles. The van der Waals surface area contributed by atoms with E-state index in [0.717, 1.165) is 16.9 Å². The number of carbonyl (C=O) groups is 1. The van der Waals surface area contributed by atoms with Gasteiger partial charge in [-0.2, -0.15) is 5.10 Å². The highest BCUT2D eigenvalue weighted by atomic mass is 35.5. The van der Waals surface area contributed by atoms with Gasteiger partial charge in [0.1, 0.15) is 6.10 Å². The normalized spacial score (nSPS) is 16.3. The lowest BCUT2D eigenvalue weighted by atomic mass is 10.1. The molecule has 1 aliphatic heterocycles. The van der Waals surface area contributed by atoms with E-state index in [1.54, 1.807) is 6.07 Å². The van der Waals surface area contributed by atoms with Gasteiger partial charge in [-0.3, -0.25) is 9.48 Å². The average Bonchev–Trinajstić information content (AvgIpc) is 3.06. The minimum atomic E-state index is -0.226. The molecule has 2 heterocycles. The molecule has 5 nitrogen and oxygen atoms in total. The van der Waals surface area contributed by atoms with Crippen LogP contribution in [0.15, 0.2) is 60.7 Å². The lowest BCUT2D eigenvalue weighted by Gasteiger charge is -2.24. The molecule has 0 fully saturated rings. The fourth-order valence-electron chi connectivity index (χ4n) is 2.83. The van der Waals surface area contributed by atoms with E-state index < -0.39 is 0 Å². The van der Waals surface area contributed by atoms with Crippen LogP contribution in [0.5, 0.6) is 0 Å². The van der Waals surface area contributed by atoms with Gasteiger partial charge >= 0.3 is 0 Å². The topological polar surface area (TPSA) is 56.2 Å². The van der Waals surface area contributed by atoms with Crippen LogP contribution in [0.25, 0.3) is 0 Å². The van der Waals surface area contributed by atoms with Crippen LogP contribution >= 0.6 is 11.6 Å². The average molecular weight is 354 g/mol. The smallest absolute Gasteiger partial charge is 0.276 e. The second-order valence-electron chi connectivity index (χ2n) is 5.87. The Bertz CT molecular complexity index is 891. The molecule has 0 spiro atoms. The first kappa shape index (κ1) is 15.9. The van der Waals surface area contributed by atoms with Crippen molar-refractivity contribution >= 4 is 23.2 Å². The standard InChI is InChI=1S/C19H16ClN3O2/c20-14-8-6-13(7-9-14)18-11-23-16(12-25-18)10-17(22-23)19(24)21-15-4-2-1-3-5-15/h1-10,18H,11-12H2,(H,21,24)/t18-/m0/s1. The monoisotopic (exact) mass is 353 g/mol. The summed E-state index contributed by atoms with van der Waals surface area (Å²) in [6, 6.07) is 18.7. The van der Waals surface area contributed by atoms with Crippen LogP contribution < -0.4 is 5.32 Å². The minimum Gasteiger partial charge on any atom is -0.365 e. The van der Waals surface area contributed by atoms with Gasteiger partial charge in [0.15, 0.2) is 5.69 Å². The number of para-hydroxylation sites is 1. The van der Waals surface area contributed by atoms with Crippen molar-refractivity contribution in [3.8, 4) is 0 Å². The Morgan fingerprint density at radius 1 is 1.16 bits per heavy atom. The van der Waals surface area contributed by atoms with Gasteiger partial charge in [0.05, 0.1) is 18.8 Å². The van der Waals surface area contributed by atoms with E-state index in [1.807, 2.05) is 59.3 Å². The zero-order valence-electron chi connectivity index (χ0n) is 13.4. The number of fused-ring (bicyclic) bond motifs is 1. The summed E-state index contributed by atoms with van der Waals surface area (Å²) in [5.41, 5.74) is 3.07. The molecule has 1 aromatic heterocycles. The van der Waals surface area contributed by atoms with E-state index in [9.17, 15) is 4.79 Å². The number of anilines is 1. The maximum Gasteiger partial charge on any atom is 0.276 e. The summed E-state index contributed by atoms with van der Waals surface area (Å²) >= 11 is 5.93. The third-order valence-corrected chi connectivity index (χ3v) is 4.39. The Balaban J connectivity index is 1.50. The van der Waals surface area contributed by atoms with Gasteiger partial charge in [0.25, 0.3) is 5.91 Å². The molecular formula is C19H16ClN3O2. The molecule has 4 rings (SSSR count). The van der Waals surface area contributed by atoms with Crippen molar-refractivity contribution in [1.29, 1.82) is 0 Å². The number of ether oxygens (including phenoxy) is 1. The van der Waals surface area contributed by atoms with Crippen LogP contribution in [-0.4, -0.2) is 15.7 Å². The molecule has 1 N–H and O–H groups in total. The van der Waals surface area contributed by atoms with Crippen LogP contribution in [0.3, 0.4) is 0 Å². The molecule has 126 valence electrons. The number of hydrogen-bond acceptors (Lipinski definition) is 3. The van der Waals surface area contributed by atoms with Gasteiger partial charge in [0.2, 0.25) is 0 Å². The zero-order chi connectivity index (χ0) is 17.2. The lowest BCUT2D eigenvalue weighted by molar-refractivity contribution is -0.00118. The van der Waals surface area contributed by atoms with Gasteiger partial charge < -0.3 is 10.1 Å². The summed E-state index contributed by atoms with van der Waals surface area (Å²) in [7, 11) is 0. The highest BCUT2D eigenvalue weighted by molar-refractivity contribution is 6.30. The summed E-state index contributed by atoms with van der Waals surface area (Å²) in [4.78, 5) is 12.4. The number of rotatable bonds is 3. The Morgan fingerprint density at radius 3 is 2.68 bits per heavy atom. The van der Waals surface area contributed by atoms with Crippen LogP contribution in [0.2, 0.25) is 5.02 Å². The van der Waals surface area contributed by atoms with E-state index in [1.165, 1.54) is 0 Å². The van der Waals surface area contributed by atoms with E-state index >= 15 is 0 Å². The van der Waals surface area contributed by atoms with E-state index in [4.69, 9.17) is 16.3 Å². The third kappa shape index (κ3) is 3.43. The minimum absolute atomic E-state index is 0.102.